The second-order valence-electron chi connectivity index (χ2n) is 5.05. The number of nitrogens with zero attached hydrogens (tertiary/aromatic N) is 1. The van der Waals surface area contributed by atoms with Gasteiger partial charge in [-0.25, -0.2) is 10.5 Å². The van der Waals surface area contributed by atoms with Gasteiger partial charge >= 0.3 is 0 Å². The first-order valence-electron chi connectivity index (χ1n) is 7.00. The molecule has 2 aromatic carbocycles. The van der Waals surface area contributed by atoms with Gasteiger partial charge in [0.1, 0.15) is 11.3 Å². The lowest BCUT2D eigenvalue weighted by atomic mass is 10.1. The summed E-state index contributed by atoms with van der Waals surface area (Å²) < 4.78 is 0.972. The van der Waals surface area contributed by atoms with Gasteiger partial charge in [-0.2, -0.15) is 0 Å². The lowest BCUT2D eigenvalue weighted by Gasteiger charge is -1.99. The minimum atomic E-state index is -0.554. The van der Waals surface area contributed by atoms with E-state index in [1.165, 1.54) is 6.08 Å². The quantitative estimate of drug-likeness (QED) is 0.348. The van der Waals surface area contributed by atoms with Crippen LogP contribution in [0.2, 0.25) is 0 Å². The van der Waals surface area contributed by atoms with Crippen molar-refractivity contribution >= 4 is 51.4 Å². The van der Waals surface area contributed by atoms with Gasteiger partial charge in [0, 0.05) is 17.0 Å². The van der Waals surface area contributed by atoms with Crippen LogP contribution >= 0.6 is 28.3 Å². The first-order chi connectivity index (χ1) is 11.2. The summed E-state index contributed by atoms with van der Waals surface area (Å²) in [5.74, 6) is 0.344. The Morgan fingerprint density at radius 3 is 2.67 bits per heavy atom. The molecule has 0 saturated heterocycles. The number of hydrogen-bond acceptors (Lipinski definition) is 3. The van der Waals surface area contributed by atoms with Crippen LogP contribution < -0.4 is 5.48 Å². The van der Waals surface area contributed by atoms with E-state index in [2.05, 4.69) is 25.9 Å². The van der Waals surface area contributed by atoms with Crippen LogP contribution in [0.4, 0.5) is 0 Å². The molecule has 3 aromatic rings. The van der Waals surface area contributed by atoms with E-state index < -0.39 is 5.91 Å². The molecule has 124 valence electrons. The van der Waals surface area contributed by atoms with E-state index in [9.17, 15) is 4.79 Å². The molecule has 0 radical (unpaired) electrons. The van der Waals surface area contributed by atoms with E-state index in [0.29, 0.717) is 6.42 Å². The zero-order valence-electron chi connectivity index (χ0n) is 12.5. The minimum Gasteiger partial charge on any atom is -0.342 e. The summed E-state index contributed by atoms with van der Waals surface area (Å²) in [5, 5.41) is 8.44. The van der Waals surface area contributed by atoms with Gasteiger partial charge in [-0.15, -0.1) is 12.4 Å². The Morgan fingerprint density at radius 2 is 2.00 bits per heavy atom. The number of aromatic amines is 1. The second kappa shape index (κ2) is 8.10. The van der Waals surface area contributed by atoms with Crippen LogP contribution in [-0.2, 0) is 11.2 Å². The molecule has 0 bridgehead atoms. The molecule has 0 fully saturated rings. The van der Waals surface area contributed by atoms with E-state index in [0.717, 1.165) is 32.5 Å². The second-order valence-corrected chi connectivity index (χ2v) is 5.90. The Morgan fingerprint density at radius 1 is 1.25 bits per heavy atom. The zero-order valence-corrected chi connectivity index (χ0v) is 14.9. The number of halogens is 2. The van der Waals surface area contributed by atoms with Crippen LogP contribution in [0, 0.1) is 0 Å². The van der Waals surface area contributed by atoms with Crippen LogP contribution in [0.3, 0.4) is 0 Å². The average Bonchev–Trinajstić information content (AvgIpc) is 2.98. The van der Waals surface area contributed by atoms with Gasteiger partial charge in [-0.3, -0.25) is 10.0 Å². The maximum Gasteiger partial charge on any atom is 0.267 e. The van der Waals surface area contributed by atoms with Crippen molar-refractivity contribution in [2.24, 2.45) is 0 Å². The molecule has 0 aliphatic rings. The molecule has 0 unspecified atom stereocenters. The predicted molar refractivity (Wildman–Crippen MR) is 99.3 cm³/mol. The fourth-order valence-electron chi connectivity index (χ4n) is 2.28. The van der Waals surface area contributed by atoms with E-state index in [1.807, 2.05) is 42.5 Å². The maximum atomic E-state index is 10.9. The third-order valence-corrected chi connectivity index (χ3v) is 4.04. The molecular weight excluding hydrogens is 394 g/mol. The standard InChI is InChI=1S/C17H14BrN3O2.ClH/c18-13-2-1-3-14-17(13)20-15(19-14)10-12-6-4-11(5-7-12)8-9-16(22)21-23;/h1-9,23H,10H2,(H,19,20)(H,21,22);1H/b9-8+;. The van der Waals surface area contributed by atoms with Crippen LogP contribution in [0.5, 0.6) is 0 Å². The number of aromatic nitrogens is 2. The van der Waals surface area contributed by atoms with Crippen molar-refractivity contribution in [1.82, 2.24) is 15.4 Å². The number of rotatable bonds is 4. The number of nitrogens with one attached hydrogen (secondary N) is 2. The highest BCUT2D eigenvalue weighted by Crippen LogP contribution is 2.22. The predicted octanol–water partition coefficient (Wildman–Crippen LogP) is 3.86. The smallest absolute Gasteiger partial charge is 0.267 e. The fourth-order valence-corrected chi connectivity index (χ4v) is 2.74. The van der Waals surface area contributed by atoms with Crippen molar-refractivity contribution < 1.29 is 10.0 Å². The number of para-hydroxylation sites is 1. The molecule has 5 nitrogen and oxygen atoms in total. The molecule has 0 atom stereocenters. The highest BCUT2D eigenvalue weighted by Gasteiger charge is 2.06. The average molecular weight is 409 g/mol. The summed E-state index contributed by atoms with van der Waals surface area (Å²) in [6.07, 6.45) is 3.60. The number of hydroxylamine groups is 1. The fraction of sp³-hybridized carbons (Fsp3) is 0.0588. The first-order valence-corrected chi connectivity index (χ1v) is 7.79. The molecule has 0 aliphatic carbocycles. The molecule has 3 rings (SSSR count). The summed E-state index contributed by atoms with van der Waals surface area (Å²) in [5.41, 5.74) is 5.48. The number of hydrogen-bond donors (Lipinski definition) is 3. The van der Waals surface area contributed by atoms with Gasteiger partial charge in [-0.05, 0) is 45.3 Å². The summed E-state index contributed by atoms with van der Waals surface area (Å²) in [6, 6.07) is 13.7. The van der Waals surface area contributed by atoms with Crippen LogP contribution in [0.15, 0.2) is 53.0 Å². The summed E-state index contributed by atoms with van der Waals surface area (Å²) in [6.45, 7) is 0. The molecule has 1 amide bonds. The van der Waals surface area contributed by atoms with E-state index in [1.54, 1.807) is 11.6 Å². The number of carbonyl (C=O) groups excluding carboxylic acids is 1. The zero-order chi connectivity index (χ0) is 16.2. The van der Waals surface area contributed by atoms with Crippen molar-refractivity contribution in [1.29, 1.82) is 0 Å². The molecule has 0 spiro atoms. The Bertz CT molecular complexity index is 875. The number of amides is 1. The molecule has 7 heteroatoms. The van der Waals surface area contributed by atoms with E-state index in [4.69, 9.17) is 5.21 Å². The monoisotopic (exact) mass is 407 g/mol. The lowest BCUT2D eigenvalue weighted by molar-refractivity contribution is -0.124. The van der Waals surface area contributed by atoms with Crippen LogP contribution in [0.1, 0.15) is 17.0 Å². The summed E-state index contributed by atoms with van der Waals surface area (Å²) in [4.78, 5) is 18.9. The van der Waals surface area contributed by atoms with Crippen LogP contribution in [-0.4, -0.2) is 21.1 Å². The molecule has 1 aromatic heterocycles. The van der Waals surface area contributed by atoms with Crippen molar-refractivity contribution in [2.75, 3.05) is 0 Å². The van der Waals surface area contributed by atoms with Crippen molar-refractivity contribution in [3.05, 3.63) is 70.0 Å². The molecule has 0 aliphatic heterocycles. The van der Waals surface area contributed by atoms with Gasteiger partial charge in [0.15, 0.2) is 0 Å². The van der Waals surface area contributed by atoms with Crippen molar-refractivity contribution in [3.8, 4) is 0 Å². The Hall–Kier alpha value is -2.15. The van der Waals surface area contributed by atoms with Gasteiger partial charge in [0.25, 0.3) is 5.91 Å². The third-order valence-electron chi connectivity index (χ3n) is 3.40. The number of benzene rings is 2. The normalized spacial score (nSPS) is 10.8. The minimum absolute atomic E-state index is 0. The van der Waals surface area contributed by atoms with Crippen molar-refractivity contribution in [3.63, 3.8) is 0 Å². The number of fused-ring (bicyclic) bond motifs is 1. The first kappa shape index (κ1) is 18.2. The Labute approximate surface area is 153 Å². The molecule has 3 N–H and O–H groups in total. The van der Waals surface area contributed by atoms with Crippen LogP contribution in [0.25, 0.3) is 17.1 Å². The third kappa shape index (κ3) is 4.23. The topological polar surface area (TPSA) is 78.0 Å². The highest BCUT2D eigenvalue weighted by molar-refractivity contribution is 9.10. The number of carbonyl (C=O) groups is 1. The summed E-state index contributed by atoms with van der Waals surface area (Å²) >= 11 is 3.50. The maximum absolute atomic E-state index is 10.9. The van der Waals surface area contributed by atoms with Gasteiger partial charge in [0.05, 0.1) is 5.52 Å². The molecule has 0 saturated carbocycles. The van der Waals surface area contributed by atoms with E-state index in [-0.39, 0.29) is 12.4 Å². The van der Waals surface area contributed by atoms with E-state index >= 15 is 0 Å². The number of imidazole rings is 1. The SMILES string of the molecule is Cl.O=C(/C=C/c1ccc(Cc2nc3c(Br)cccc3[nH]2)cc1)NO. The van der Waals surface area contributed by atoms with Crippen molar-refractivity contribution in [2.45, 2.75) is 6.42 Å². The highest BCUT2D eigenvalue weighted by atomic mass is 79.9. The Balaban J connectivity index is 0.00000208. The van der Waals surface area contributed by atoms with Gasteiger partial charge in [0.2, 0.25) is 0 Å². The molecule has 24 heavy (non-hydrogen) atoms. The number of H-pyrrole nitrogens is 1. The molecule has 1 heterocycles. The van der Waals surface area contributed by atoms with Gasteiger partial charge < -0.3 is 4.98 Å². The largest absolute Gasteiger partial charge is 0.342 e. The van der Waals surface area contributed by atoms with Gasteiger partial charge in [-0.1, -0.05) is 30.3 Å². The summed E-state index contributed by atoms with van der Waals surface area (Å²) in [7, 11) is 0. The molecular formula is C17H15BrClN3O2. The Kier molecular flexibility index (Phi) is 6.14. The lowest BCUT2D eigenvalue weighted by Crippen LogP contribution is -2.14.